The highest BCUT2D eigenvalue weighted by Gasteiger charge is 2.37. The maximum atomic E-state index is 13.4. The van der Waals surface area contributed by atoms with Gasteiger partial charge < -0.3 is 10.1 Å². The summed E-state index contributed by atoms with van der Waals surface area (Å²) in [5, 5.41) is 3.49. The Morgan fingerprint density at radius 1 is 1.47 bits per heavy atom. The third-order valence-corrected chi connectivity index (χ3v) is 3.63. The quantitative estimate of drug-likeness (QED) is 0.886. The number of hydrogen-bond acceptors (Lipinski definition) is 2. The van der Waals surface area contributed by atoms with Crippen molar-refractivity contribution in [2.75, 3.05) is 6.54 Å². The van der Waals surface area contributed by atoms with Crippen LogP contribution in [-0.2, 0) is 0 Å². The zero-order valence-corrected chi connectivity index (χ0v) is 12.3. The van der Waals surface area contributed by atoms with Gasteiger partial charge in [-0.25, -0.2) is 4.39 Å². The molecule has 0 radical (unpaired) electrons. The Hall–Kier alpha value is -1.09. The minimum Gasteiger partial charge on any atom is -0.487 e. The van der Waals surface area contributed by atoms with Crippen LogP contribution in [0.1, 0.15) is 52.1 Å². The summed E-state index contributed by atoms with van der Waals surface area (Å²) < 4.78 is 19.5. The van der Waals surface area contributed by atoms with E-state index in [0.29, 0.717) is 11.7 Å². The van der Waals surface area contributed by atoms with Crippen LogP contribution in [0.25, 0.3) is 0 Å². The van der Waals surface area contributed by atoms with Crippen molar-refractivity contribution >= 4 is 0 Å². The third kappa shape index (κ3) is 3.27. The molecule has 0 saturated carbocycles. The second-order valence-electron chi connectivity index (χ2n) is 6.15. The van der Waals surface area contributed by atoms with Gasteiger partial charge in [0.15, 0.2) is 0 Å². The summed E-state index contributed by atoms with van der Waals surface area (Å²) in [5.41, 5.74) is 0.853. The lowest BCUT2D eigenvalue weighted by atomic mass is 9.83. The highest BCUT2D eigenvalue weighted by atomic mass is 19.1. The zero-order valence-electron chi connectivity index (χ0n) is 12.3. The van der Waals surface area contributed by atoms with Gasteiger partial charge in [0.1, 0.15) is 17.2 Å². The van der Waals surface area contributed by atoms with Crippen LogP contribution in [0.3, 0.4) is 0 Å². The largest absolute Gasteiger partial charge is 0.487 e. The van der Waals surface area contributed by atoms with Crippen LogP contribution in [-0.4, -0.2) is 12.1 Å². The molecule has 0 bridgehead atoms. The summed E-state index contributed by atoms with van der Waals surface area (Å²) in [6, 6.07) is 5.11. The summed E-state index contributed by atoms with van der Waals surface area (Å²) in [5.74, 6) is 1.02. The highest BCUT2D eigenvalue weighted by Crippen LogP contribution is 2.42. The molecule has 2 nitrogen and oxygen atoms in total. The summed E-state index contributed by atoms with van der Waals surface area (Å²) in [6.45, 7) is 9.51. The average Bonchev–Trinajstić information content (AvgIpc) is 2.26. The second kappa shape index (κ2) is 5.49. The van der Waals surface area contributed by atoms with Crippen molar-refractivity contribution in [2.45, 2.75) is 52.2 Å². The molecule has 0 aliphatic carbocycles. The van der Waals surface area contributed by atoms with Gasteiger partial charge in [-0.15, -0.1) is 0 Å². The fourth-order valence-electron chi connectivity index (χ4n) is 3.15. The van der Waals surface area contributed by atoms with E-state index in [1.807, 2.05) is 6.07 Å². The summed E-state index contributed by atoms with van der Waals surface area (Å²) in [6.07, 6.45) is 1.91. The molecule has 0 aromatic heterocycles. The molecule has 3 heteroatoms. The van der Waals surface area contributed by atoms with Gasteiger partial charge >= 0.3 is 0 Å². The molecular weight excluding hydrogens is 241 g/mol. The number of benzene rings is 1. The van der Waals surface area contributed by atoms with E-state index in [1.165, 1.54) is 12.1 Å². The Morgan fingerprint density at radius 2 is 2.21 bits per heavy atom. The maximum Gasteiger partial charge on any atom is 0.127 e. The van der Waals surface area contributed by atoms with Gasteiger partial charge in [0, 0.05) is 24.1 Å². The standard InChI is InChI=1S/C16H24FNO/c1-5-18-14-10-16(4,9-11(2)3)19-15-8-12(17)6-7-13(14)15/h6-8,11,14,18H,5,9-10H2,1-4H3. The average molecular weight is 265 g/mol. The van der Waals surface area contributed by atoms with Crippen LogP contribution in [0, 0.1) is 11.7 Å². The molecule has 0 saturated heterocycles. The van der Waals surface area contributed by atoms with Crippen LogP contribution in [0.2, 0.25) is 0 Å². The SMILES string of the molecule is CCNC1CC(C)(CC(C)C)Oc2cc(F)ccc21. The minimum atomic E-state index is -0.234. The van der Waals surface area contributed by atoms with Crippen molar-refractivity contribution in [2.24, 2.45) is 5.92 Å². The number of fused-ring (bicyclic) bond motifs is 1. The molecule has 1 N–H and O–H groups in total. The van der Waals surface area contributed by atoms with Crippen molar-refractivity contribution < 1.29 is 9.13 Å². The van der Waals surface area contributed by atoms with Crippen molar-refractivity contribution in [1.29, 1.82) is 0 Å². The van der Waals surface area contributed by atoms with Crippen molar-refractivity contribution in [3.05, 3.63) is 29.6 Å². The van der Waals surface area contributed by atoms with E-state index in [9.17, 15) is 4.39 Å². The number of nitrogens with one attached hydrogen (secondary N) is 1. The molecule has 1 aromatic carbocycles. The second-order valence-corrected chi connectivity index (χ2v) is 6.15. The van der Waals surface area contributed by atoms with Crippen LogP contribution in [0.15, 0.2) is 18.2 Å². The number of ether oxygens (including phenoxy) is 1. The Kier molecular flexibility index (Phi) is 4.14. The lowest BCUT2D eigenvalue weighted by Gasteiger charge is -2.41. The van der Waals surface area contributed by atoms with Crippen molar-refractivity contribution in [3.8, 4) is 5.75 Å². The molecule has 1 aliphatic heterocycles. The predicted molar refractivity (Wildman–Crippen MR) is 75.9 cm³/mol. The summed E-state index contributed by atoms with van der Waals surface area (Å²) >= 11 is 0. The topological polar surface area (TPSA) is 21.3 Å². The van der Waals surface area contributed by atoms with Crippen LogP contribution >= 0.6 is 0 Å². The molecule has 1 heterocycles. The number of halogens is 1. The first-order valence-corrected chi connectivity index (χ1v) is 7.15. The van der Waals surface area contributed by atoms with Gasteiger partial charge in [0.05, 0.1) is 0 Å². The first-order chi connectivity index (χ1) is 8.93. The Balaban J connectivity index is 2.33. The first-order valence-electron chi connectivity index (χ1n) is 7.15. The summed E-state index contributed by atoms with van der Waals surface area (Å²) in [4.78, 5) is 0. The molecule has 106 valence electrons. The molecule has 2 rings (SSSR count). The Labute approximate surface area is 115 Å². The van der Waals surface area contributed by atoms with Gasteiger partial charge in [-0.2, -0.15) is 0 Å². The smallest absolute Gasteiger partial charge is 0.127 e. The minimum absolute atomic E-state index is 0.220. The van der Waals surface area contributed by atoms with Gasteiger partial charge in [0.25, 0.3) is 0 Å². The van der Waals surface area contributed by atoms with E-state index in [4.69, 9.17) is 4.74 Å². The van der Waals surface area contributed by atoms with E-state index >= 15 is 0 Å². The summed E-state index contributed by atoms with van der Waals surface area (Å²) in [7, 11) is 0. The molecule has 0 amide bonds. The van der Waals surface area contributed by atoms with Crippen LogP contribution in [0.4, 0.5) is 4.39 Å². The van der Waals surface area contributed by atoms with Crippen molar-refractivity contribution in [1.82, 2.24) is 5.32 Å². The number of hydrogen-bond donors (Lipinski definition) is 1. The van der Waals surface area contributed by atoms with Gasteiger partial charge in [-0.05, 0) is 31.9 Å². The van der Waals surface area contributed by atoms with E-state index in [2.05, 4.69) is 33.0 Å². The van der Waals surface area contributed by atoms with Gasteiger partial charge in [-0.3, -0.25) is 0 Å². The van der Waals surface area contributed by atoms with Gasteiger partial charge in [-0.1, -0.05) is 26.8 Å². The van der Waals surface area contributed by atoms with E-state index in [-0.39, 0.29) is 17.5 Å². The molecule has 2 unspecified atom stereocenters. The lowest BCUT2D eigenvalue weighted by Crippen LogP contribution is -2.42. The van der Waals surface area contributed by atoms with E-state index in [1.54, 1.807) is 0 Å². The first kappa shape index (κ1) is 14.3. The molecule has 2 atom stereocenters. The van der Waals surface area contributed by atoms with Crippen LogP contribution in [0.5, 0.6) is 5.75 Å². The lowest BCUT2D eigenvalue weighted by molar-refractivity contribution is 0.0285. The maximum absolute atomic E-state index is 13.4. The highest BCUT2D eigenvalue weighted by molar-refractivity contribution is 5.39. The molecule has 0 spiro atoms. The van der Waals surface area contributed by atoms with E-state index < -0.39 is 0 Å². The van der Waals surface area contributed by atoms with E-state index in [0.717, 1.165) is 24.9 Å². The molecule has 1 aliphatic rings. The third-order valence-electron chi connectivity index (χ3n) is 3.63. The molecular formula is C16H24FNO. The Bertz CT molecular complexity index is 446. The normalized spacial score (nSPS) is 26.1. The van der Waals surface area contributed by atoms with Gasteiger partial charge in [0.2, 0.25) is 0 Å². The molecule has 1 aromatic rings. The van der Waals surface area contributed by atoms with Crippen molar-refractivity contribution in [3.63, 3.8) is 0 Å². The fourth-order valence-corrected chi connectivity index (χ4v) is 3.15. The monoisotopic (exact) mass is 265 g/mol. The molecule has 0 fully saturated rings. The zero-order chi connectivity index (χ0) is 14.0. The molecule has 19 heavy (non-hydrogen) atoms. The number of rotatable bonds is 4. The Morgan fingerprint density at radius 3 is 2.84 bits per heavy atom. The van der Waals surface area contributed by atoms with Crippen LogP contribution < -0.4 is 10.1 Å². The fraction of sp³-hybridized carbons (Fsp3) is 0.625. The predicted octanol–water partition coefficient (Wildman–Crippen LogP) is 4.06.